The second kappa shape index (κ2) is 5.97. The van der Waals surface area contributed by atoms with E-state index in [1.807, 2.05) is 0 Å². The predicted octanol–water partition coefficient (Wildman–Crippen LogP) is 3.26. The van der Waals surface area contributed by atoms with Crippen molar-refractivity contribution in [2.24, 2.45) is 11.8 Å². The molecule has 0 saturated carbocycles. The third-order valence-corrected chi connectivity index (χ3v) is 4.36. The predicted molar refractivity (Wildman–Crippen MR) is 88.2 cm³/mol. The molecule has 0 aliphatic heterocycles. The molecule has 23 heavy (non-hydrogen) atoms. The Balaban J connectivity index is 1.92. The number of hydrogen-bond acceptors (Lipinski definition) is 4. The van der Waals surface area contributed by atoms with Crippen LogP contribution >= 0.6 is 11.6 Å². The van der Waals surface area contributed by atoms with Crippen LogP contribution in [0.1, 0.15) is 17.3 Å². The first-order valence-corrected chi connectivity index (χ1v) is 7.58. The van der Waals surface area contributed by atoms with Crippen LogP contribution in [-0.2, 0) is 9.59 Å². The van der Waals surface area contributed by atoms with E-state index in [4.69, 9.17) is 11.6 Å². The summed E-state index contributed by atoms with van der Waals surface area (Å²) in [7, 11) is 0. The fourth-order valence-electron chi connectivity index (χ4n) is 2.70. The Morgan fingerprint density at radius 2 is 1.57 bits per heavy atom. The highest BCUT2D eigenvalue weighted by molar-refractivity contribution is 6.46. The quantitative estimate of drug-likeness (QED) is 0.865. The van der Waals surface area contributed by atoms with Crippen LogP contribution in [0.3, 0.4) is 0 Å². The van der Waals surface area contributed by atoms with E-state index in [0.717, 1.165) is 0 Å². The minimum absolute atomic E-state index is 0.0420. The van der Waals surface area contributed by atoms with Crippen molar-refractivity contribution >= 4 is 34.6 Å². The van der Waals surface area contributed by atoms with Crippen molar-refractivity contribution in [3.05, 3.63) is 64.9 Å². The first kappa shape index (κ1) is 15.4. The van der Waals surface area contributed by atoms with Gasteiger partial charge in [-0.05, 0) is 31.2 Å². The standard InChI is InChI=1S/C18H14ClNO3/c1-10(21)11-6-8-12(9-7-11)20-16-15(19)17(22)13-4-2-3-5-14(13)18(16)23/h2-9,13-14,20H,1H3. The number of benzene rings is 1. The summed E-state index contributed by atoms with van der Waals surface area (Å²) in [6.07, 6.45) is 6.92. The molecule has 1 aromatic rings. The smallest absolute Gasteiger partial charge is 0.188 e. The first-order chi connectivity index (χ1) is 11.0. The van der Waals surface area contributed by atoms with Crippen LogP contribution in [0, 0.1) is 11.8 Å². The topological polar surface area (TPSA) is 63.2 Å². The minimum atomic E-state index is -0.523. The Bertz CT molecular complexity index is 787. The van der Waals surface area contributed by atoms with Crippen molar-refractivity contribution in [2.75, 3.05) is 5.32 Å². The van der Waals surface area contributed by atoms with Gasteiger partial charge in [-0.15, -0.1) is 0 Å². The molecule has 0 saturated heterocycles. The number of fused-ring (bicyclic) bond motifs is 1. The largest absolute Gasteiger partial charge is 0.351 e. The van der Waals surface area contributed by atoms with Crippen molar-refractivity contribution < 1.29 is 14.4 Å². The number of carbonyl (C=O) groups is 3. The van der Waals surface area contributed by atoms with Crippen molar-refractivity contribution in [3.8, 4) is 0 Å². The summed E-state index contributed by atoms with van der Waals surface area (Å²) in [5.74, 6) is -1.56. The zero-order valence-corrected chi connectivity index (χ0v) is 13.1. The highest BCUT2D eigenvalue weighted by Crippen LogP contribution is 2.35. The number of Topliss-reactive ketones (excluding diaryl/α,β-unsaturated/α-hetero) is 3. The third kappa shape index (κ3) is 2.78. The van der Waals surface area contributed by atoms with Crippen LogP contribution in [0.2, 0.25) is 0 Å². The molecule has 1 aromatic carbocycles. The third-order valence-electron chi connectivity index (χ3n) is 3.98. The molecule has 116 valence electrons. The van der Waals surface area contributed by atoms with E-state index in [2.05, 4.69) is 5.32 Å². The Kier molecular flexibility index (Phi) is 4.01. The normalized spacial score (nSPS) is 23.0. The summed E-state index contributed by atoms with van der Waals surface area (Å²) in [6, 6.07) is 6.66. The van der Waals surface area contributed by atoms with Crippen LogP contribution in [0.25, 0.3) is 0 Å². The Morgan fingerprint density at radius 3 is 2.13 bits per heavy atom. The van der Waals surface area contributed by atoms with Crippen LogP contribution in [-0.4, -0.2) is 17.3 Å². The fourth-order valence-corrected chi connectivity index (χ4v) is 2.97. The summed E-state index contributed by atoms with van der Waals surface area (Å²) in [5, 5.41) is 2.84. The van der Waals surface area contributed by atoms with Crippen LogP contribution < -0.4 is 5.32 Å². The molecule has 3 rings (SSSR count). The molecular formula is C18H14ClNO3. The second-order valence-corrected chi connectivity index (χ2v) is 5.88. The summed E-state index contributed by atoms with van der Waals surface area (Å²) < 4.78 is 0. The van der Waals surface area contributed by atoms with E-state index in [-0.39, 0.29) is 28.1 Å². The van der Waals surface area contributed by atoms with Gasteiger partial charge in [0.1, 0.15) is 10.7 Å². The van der Waals surface area contributed by atoms with Crippen molar-refractivity contribution in [1.29, 1.82) is 0 Å². The monoisotopic (exact) mass is 327 g/mol. The van der Waals surface area contributed by atoms with Gasteiger partial charge >= 0.3 is 0 Å². The van der Waals surface area contributed by atoms with Crippen molar-refractivity contribution in [2.45, 2.75) is 6.92 Å². The molecule has 2 atom stereocenters. The van der Waals surface area contributed by atoms with E-state index in [1.54, 1.807) is 48.6 Å². The van der Waals surface area contributed by atoms with Crippen LogP contribution in [0.5, 0.6) is 0 Å². The summed E-state index contributed by atoms with van der Waals surface area (Å²) in [4.78, 5) is 36.2. The molecule has 2 unspecified atom stereocenters. The molecule has 1 N–H and O–H groups in total. The average Bonchev–Trinajstić information content (AvgIpc) is 2.57. The number of nitrogens with one attached hydrogen (secondary N) is 1. The lowest BCUT2D eigenvalue weighted by atomic mass is 9.77. The molecule has 0 fully saturated rings. The van der Waals surface area contributed by atoms with Gasteiger partial charge in [0, 0.05) is 11.3 Å². The number of anilines is 1. The van der Waals surface area contributed by atoms with Gasteiger partial charge in [-0.1, -0.05) is 35.9 Å². The maximum absolute atomic E-state index is 12.6. The van der Waals surface area contributed by atoms with Crippen LogP contribution in [0.15, 0.2) is 59.3 Å². The number of carbonyl (C=O) groups excluding carboxylic acids is 3. The minimum Gasteiger partial charge on any atom is -0.351 e. The molecule has 0 amide bonds. The Hall–Kier alpha value is -2.46. The number of halogens is 1. The molecule has 2 aliphatic rings. The first-order valence-electron chi connectivity index (χ1n) is 7.20. The van der Waals surface area contributed by atoms with E-state index in [0.29, 0.717) is 11.3 Å². The molecule has 0 aromatic heterocycles. The number of rotatable bonds is 3. The van der Waals surface area contributed by atoms with E-state index in [9.17, 15) is 14.4 Å². The van der Waals surface area contributed by atoms with Gasteiger partial charge in [0.15, 0.2) is 17.3 Å². The van der Waals surface area contributed by atoms with E-state index in [1.165, 1.54) is 6.92 Å². The SMILES string of the molecule is CC(=O)c1ccc(NC2=C(Cl)C(=O)C3C=CC=CC3C2=O)cc1. The van der Waals surface area contributed by atoms with Gasteiger partial charge in [-0.2, -0.15) is 0 Å². The molecule has 4 nitrogen and oxygen atoms in total. The number of allylic oxidation sites excluding steroid dienone is 6. The summed E-state index contributed by atoms with van der Waals surface area (Å²) >= 11 is 6.11. The highest BCUT2D eigenvalue weighted by Gasteiger charge is 2.40. The zero-order valence-electron chi connectivity index (χ0n) is 12.4. The lowest BCUT2D eigenvalue weighted by Crippen LogP contribution is -2.37. The molecule has 0 spiro atoms. The number of ketones is 3. The van der Waals surface area contributed by atoms with Gasteiger partial charge in [0.05, 0.1) is 11.8 Å². The molecule has 0 radical (unpaired) electrons. The Labute approximate surface area is 138 Å². The maximum atomic E-state index is 12.6. The number of hydrogen-bond donors (Lipinski definition) is 1. The van der Waals surface area contributed by atoms with Gasteiger partial charge in [-0.25, -0.2) is 0 Å². The maximum Gasteiger partial charge on any atom is 0.188 e. The summed E-state index contributed by atoms with van der Waals surface area (Å²) in [6.45, 7) is 1.48. The molecule has 5 heteroatoms. The zero-order chi connectivity index (χ0) is 16.6. The van der Waals surface area contributed by atoms with Gasteiger partial charge in [0.25, 0.3) is 0 Å². The van der Waals surface area contributed by atoms with Gasteiger partial charge < -0.3 is 5.32 Å². The van der Waals surface area contributed by atoms with E-state index < -0.39 is 11.8 Å². The van der Waals surface area contributed by atoms with Gasteiger partial charge in [0.2, 0.25) is 0 Å². The lowest BCUT2D eigenvalue weighted by molar-refractivity contribution is -0.126. The average molecular weight is 328 g/mol. The lowest BCUT2D eigenvalue weighted by Gasteiger charge is -2.28. The van der Waals surface area contributed by atoms with Crippen molar-refractivity contribution in [1.82, 2.24) is 0 Å². The molecular weight excluding hydrogens is 314 g/mol. The molecule has 0 heterocycles. The Morgan fingerprint density at radius 1 is 1.00 bits per heavy atom. The van der Waals surface area contributed by atoms with E-state index >= 15 is 0 Å². The fraction of sp³-hybridized carbons (Fsp3) is 0.167. The second-order valence-electron chi connectivity index (χ2n) is 5.50. The summed E-state index contributed by atoms with van der Waals surface area (Å²) in [5.41, 5.74) is 1.27. The molecule has 0 bridgehead atoms. The molecule has 2 aliphatic carbocycles. The van der Waals surface area contributed by atoms with Crippen LogP contribution in [0.4, 0.5) is 5.69 Å². The van der Waals surface area contributed by atoms with Crippen molar-refractivity contribution in [3.63, 3.8) is 0 Å². The van der Waals surface area contributed by atoms with Gasteiger partial charge in [-0.3, -0.25) is 14.4 Å². The highest BCUT2D eigenvalue weighted by atomic mass is 35.5.